The first-order chi connectivity index (χ1) is 52.7. The molecule has 0 rings (SSSR count). The molecule has 0 heterocycles. The molecule has 0 aliphatic carbocycles. The molecular weight excluding hydrogens is 1400 g/mol. The molecule has 3 N–H and O–H groups in total. The maximum atomic E-state index is 13.1. The first-order valence-corrected chi connectivity index (χ1v) is 45.1. The number of hydrogen-bond donors (Lipinski definition) is 3. The quantitative estimate of drug-likeness (QED) is 0.0169. The van der Waals surface area contributed by atoms with E-state index < -0.39 is 97.5 Å². The van der Waals surface area contributed by atoms with Crippen LogP contribution in [0.15, 0.2) is 146 Å². The van der Waals surface area contributed by atoms with E-state index in [0.717, 1.165) is 167 Å². The van der Waals surface area contributed by atoms with Gasteiger partial charge in [0.1, 0.15) is 19.3 Å². The Kier molecular flexibility index (Phi) is 76.3. The van der Waals surface area contributed by atoms with E-state index in [1.807, 2.05) is 12.2 Å². The Labute approximate surface area is 656 Å². The van der Waals surface area contributed by atoms with Gasteiger partial charge in [-0.2, -0.15) is 0 Å². The number of unbranched alkanes of at least 4 members (excludes halogenated alkanes) is 28. The minimum Gasteiger partial charge on any atom is -0.462 e. The van der Waals surface area contributed by atoms with E-state index in [2.05, 4.69) is 161 Å². The molecule has 108 heavy (non-hydrogen) atoms. The number of phosphoric ester groups is 2. The molecule has 0 aliphatic rings. The Bertz CT molecular complexity index is 2610. The number of aliphatic hydroxyl groups excluding tert-OH is 1. The molecular formula is C89H150O17P2. The predicted octanol–water partition coefficient (Wildman–Crippen LogP) is 25.0. The molecule has 0 aromatic heterocycles. The molecule has 0 radical (unpaired) electrons. The van der Waals surface area contributed by atoms with Crippen molar-refractivity contribution in [3.8, 4) is 0 Å². The van der Waals surface area contributed by atoms with Crippen molar-refractivity contribution in [1.29, 1.82) is 0 Å². The van der Waals surface area contributed by atoms with Crippen molar-refractivity contribution in [3.05, 3.63) is 146 Å². The molecule has 618 valence electrons. The Hall–Kier alpha value is -5.06. The molecule has 19 heteroatoms. The van der Waals surface area contributed by atoms with Crippen molar-refractivity contribution >= 4 is 39.5 Å². The van der Waals surface area contributed by atoms with Crippen LogP contribution in [0.3, 0.4) is 0 Å². The fraction of sp³-hybridized carbons (Fsp3) is 0.685. The standard InChI is InChI=1S/C89H150O17P2/c1-5-9-13-17-21-25-29-33-37-39-41-43-47-50-54-58-62-66-70-74-87(92)100-80-84(105-88(93)75-71-67-63-59-55-51-46-36-32-28-24-20-16-12-8-4)81-103-107(95,96)101-77-83(90)78-102-108(97,98)104-82-85(79-99-86(91)73-69-65-61-57-53-49-45-35-31-27-23-19-15-11-7-3)106-89(94)76-72-68-64-60-56-52-48-44-42-40-38-34-30-26-22-18-14-10-6-2/h10,14,21-22,25-28,31-34,37-38,41-44,50,52,54,56,62,66,83-85,90H,5-9,11-13,15-20,23-24,29-30,35-36,39-40,45-49,51,53,55,57-61,63-65,67-82H2,1-4H3,(H,95,96)(H,97,98)/b14-10-,25-21-,26-22-,31-27-,32-28-,37-33-,38-34-,43-41-,44-42-,54-50-,56-52-,66-62-/t83-,84-,85-/m1/s1. The first-order valence-electron chi connectivity index (χ1n) is 42.1. The lowest BCUT2D eigenvalue weighted by atomic mass is 10.1. The molecule has 17 nitrogen and oxygen atoms in total. The molecule has 0 aromatic carbocycles. The summed E-state index contributed by atoms with van der Waals surface area (Å²) >= 11 is 0. The smallest absolute Gasteiger partial charge is 0.462 e. The second-order valence-corrected chi connectivity index (χ2v) is 30.6. The van der Waals surface area contributed by atoms with E-state index in [1.165, 1.54) is 83.5 Å². The monoisotopic (exact) mass is 1550 g/mol. The summed E-state index contributed by atoms with van der Waals surface area (Å²) in [7, 11) is -10.0. The van der Waals surface area contributed by atoms with E-state index >= 15 is 0 Å². The van der Waals surface area contributed by atoms with Crippen molar-refractivity contribution in [3.63, 3.8) is 0 Å². The summed E-state index contributed by atoms with van der Waals surface area (Å²) in [5, 5.41) is 10.7. The second kappa shape index (κ2) is 80.0. The van der Waals surface area contributed by atoms with Crippen LogP contribution >= 0.6 is 15.6 Å². The van der Waals surface area contributed by atoms with Crippen LogP contribution in [0, 0.1) is 0 Å². The van der Waals surface area contributed by atoms with Gasteiger partial charge < -0.3 is 33.8 Å². The number of esters is 4. The van der Waals surface area contributed by atoms with Crippen molar-refractivity contribution in [2.75, 3.05) is 39.6 Å². The van der Waals surface area contributed by atoms with Gasteiger partial charge in [-0.15, -0.1) is 0 Å². The van der Waals surface area contributed by atoms with Crippen LogP contribution in [0.2, 0.25) is 0 Å². The molecule has 0 bridgehead atoms. The van der Waals surface area contributed by atoms with Gasteiger partial charge in [0, 0.05) is 25.7 Å². The van der Waals surface area contributed by atoms with Gasteiger partial charge in [0.05, 0.1) is 26.4 Å². The van der Waals surface area contributed by atoms with Crippen molar-refractivity contribution < 1.29 is 80.2 Å². The summed E-state index contributed by atoms with van der Waals surface area (Å²) in [4.78, 5) is 73.2. The van der Waals surface area contributed by atoms with Gasteiger partial charge in [0.2, 0.25) is 0 Å². The maximum Gasteiger partial charge on any atom is 0.472 e. The lowest BCUT2D eigenvalue weighted by Gasteiger charge is -2.21. The molecule has 0 fully saturated rings. The molecule has 0 saturated carbocycles. The van der Waals surface area contributed by atoms with Crippen LogP contribution in [-0.2, 0) is 65.4 Å². The minimum absolute atomic E-state index is 0.0339. The zero-order chi connectivity index (χ0) is 78.9. The zero-order valence-corrected chi connectivity index (χ0v) is 69.5. The fourth-order valence-electron chi connectivity index (χ4n) is 10.9. The van der Waals surface area contributed by atoms with Crippen molar-refractivity contribution in [2.24, 2.45) is 0 Å². The predicted molar refractivity (Wildman–Crippen MR) is 445 cm³/mol. The molecule has 5 atom stereocenters. The normalized spacial score (nSPS) is 14.5. The van der Waals surface area contributed by atoms with E-state index in [4.69, 9.17) is 37.0 Å². The van der Waals surface area contributed by atoms with Crippen LogP contribution in [0.5, 0.6) is 0 Å². The summed E-state index contributed by atoms with van der Waals surface area (Å²) in [6, 6.07) is 0. The highest BCUT2D eigenvalue weighted by Gasteiger charge is 2.30. The summed E-state index contributed by atoms with van der Waals surface area (Å²) in [5.74, 6) is -2.31. The van der Waals surface area contributed by atoms with E-state index in [9.17, 15) is 43.2 Å². The summed E-state index contributed by atoms with van der Waals surface area (Å²) in [6.45, 7) is 4.60. The van der Waals surface area contributed by atoms with Gasteiger partial charge in [0.15, 0.2) is 12.2 Å². The molecule has 0 aliphatic heterocycles. The lowest BCUT2D eigenvalue weighted by Crippen LogP contribution is -2.30. The number of carbonyl (C=O) groups excluding carboxylic acids is 4. The van der Waals surface area contributed by atoms with Crippen LogP contribution in [-0.4, -0.2) is 96.7 Å². The molecule has 0 saturated heterocycles. The van der Waals surface area contributed by atoms with E-state index in [0.29, 0.717) is 32.1 Å². The van der Waals surface area contributed by atoms with Crippen molar-refractivity contribution in [1.82, 2.24) is 0 Å². The third kappa shape index (κ3) is 79.0. The maximum absolute atomic E-state index is 13.1. The molecule has 0 amide bonds. The first kappa shape index (κ1) is 103. The Morgan fingerprint density at radius 1 is 0.269 bits per heavy atom. The highest BCUT2D eigenvalue weighted by Crippen LogP contribution is 2.45. The highest BCUT2D eigenvalue weighted by molar-refractivity contribution is 7.47. The average molecular weight is 1550 g/mol. The molecule has 2 unspecified atom stereocenters. The minimum atomic E-state index is -5.00. The second-order valence-electron chi connectivity index (χ2n) is 27.7. The molecule has 0 spiro atoms. The summed E-state index contributed by atoms with van der Waals surface area (Å²) in [6.07, 6.45) is 92.5. The number of hydrogen-bond acceptors (Lipinski definition) is 15. The Morgan fingerprint density at radius 3 is 0.833 bits per heavy atom. The SMILES string of the molecule is CC/C=C\C/C=C\C/C=C\C/C=C\C/C=C\CCCCCC(=O)O[C@H](COC(=O)CCCCCCCCC/C=C\CCCCCC)COP(=O)(O)OC[C@H](O)COP(=O)(O)OC[C@@H](COC(=O)CC/C=C\C/C=C\C/C=C\C/C=C\C/C=C\CCCCC)OC(=O)CCCCCCCCC/C=C\CCCCCC. The number of phosphoric acid groups is 2. The fourth-order valence-corrected chi connectivity index (χ4v) is 12.4. The molecule has 0 aromatic rings. The number of allylic oxidation sites excluding steroid dienone is 24. The van der Waals surface area contributed by atoms with Crippen molar-refractivity contribution in [2.45, 2.75) is 354 Å². The number of carbonyl (C=O) groups is 4. The van der Waals surface area contributed by atoms with Crippen LogP contribution in [0.4, 0.5) is 0 Å². The largest absolute Gasteiger partial charge is 0.472 e. The van der Waals surface area contributed by atoms with Crippen LogP contribution < -0.4 is 0 Å². The number of ether oxygens (including phenoxy) is 4. The van der Waals surface area contributed by atoms with Gasteiger partial charge in [-0.3, -0.25) is 37.3 Å². The van der Waals surface area contributed by atoms with E-state index in [1.54, 1.807) is 0 Å². The van der Waals surface area contributed by atoms with Crippen LogP contribution in [0.25, 0.3) is 0 Å². The third-order valence-electron chi connectivity index (χ3n) is 17.3. The van der Waals surface area contributed by atoms with Gasteiger partial charge in [-0.25, -0.2) is 9.13 Å². The van der Waals surface area contributed by atoms with Gasteiger partial charge in [-0.1, -0.05) is 296 Å². The van der Waals surface area contributed by atoms with Gasteiger partial charge in [-0.05, 0) is 161 Å². The topological polar surface area (TPSA) is 237 Å². The number of aliphatic hydroxyl groups is 1. The number of rotatable bonds is 78. The Balaban J connectivity index is 5.47. The average Bonchev–Trinajstić information content (AvgIpc) is 0.899. The lowest BCUT2D eigenvalue weighted by molar-refractivity contribution is -0.161. The summed E-state index contributed by atoms with van der Waals surface area (Å²) < 4.78 is 68.6. The van der Waals surface area contributed by atoms with Crippen LogP contribution in [0.1, 0.15) is 336 Å². The van der Waals surface area contributed by atoms with Gasteiger partial charge >= 0.3 is 39.5 Å². The third-order valence-corrected chi connectivity index (χ3v) is 19.2. The van der Waals surface area contributed by atoms with Gasteiger partial charge in [0.25, 0.3) is 0 Å². The Morgan fingerprint density at radius 2 is 0.500 bits per heavy atom. The zero-order valence-electron chi connectivity index (χ0n) is 67.7. The summed E-state index contributed by atoms with van der Waals surface area (Å²) in [5.41, 5.74) is 0. The van der Waals surface area contributed by atoms with E-state index in [-0.39, 0.29) is 25.7 Å². The highest BCUT2D eigenvalue weighted by atomic mass is 31.2.